The van der Waals surface area contributed by atoms with Gasteiger partial charge in [0.15, 0.2) is 0 Å². The molecule has 110 valence electrons. The van der Waals surface area contributed by atoms with Crippen LogP contribution < -0.4 is 4.74 Å². The van der Waals surface area contributed by atoms with Gasteiger partial charge in [-0.1, -0.05) is 18.2 Å². The zero-order valence-electron chi connectivity index (χ0n) is 12.5. The van der Waals surface area contributed by atoms with Gasteiger partial charge in [0.2, 0.25) is 0 Å². The summed E-state index contributed by atoms with van der Waals surface area (Å²) in [6.07, 6.45) is 0.936. The minimum absolute atomic E-state index is 0.427. The highest BCUT2D eigenvalue weighted by Gasteiger charge is 2.12. The molecule has 3 nitrogen and oxygen atoms in total. The summed E-state index contributed by atoms with van der Waals surface area (Å²) in [5.74, 6) is 0.675. The molecule has 1 unspecified atom stereocenters. The molecule has 0 saturated carbocycles. The molecule has 1 atom stereocenters. The molecule has 0 aliphatic rings. The summed E-state index contributed by atoms with van der Waals surface area (Å²) < 4.78 is 5.70. The Morgan fingerprint density at radius 3 is 2.81 bits per heavy atom. The minimum Gasteiger partial charge on any atom is -0.492 e. The lowest BCUT2D eigenvalue weighted by molar-refractivity contribution is 0.228. The van der Waals surface area contributed by atoms with Gasteiger partial charge in [-0.25, -0.2) is 0 Å². The van der Waals surface area contributed by atoms with Gasteiger partial charge in [0.25, 0.3) is 0 Å². The fraction of sp³-hybridized carbons (Fsp3) is 0.353. The predicted octanol–water partition coefficient (Wildman–Crippen LogP) is 4.08. The van der Waals surface area contributed by atoms with Crippen LogP contribution in [0.3, 0.4) is 0 Å². The van der Waals surface area contributed by atoms with Crippen LogP contribution in [-0.2, 0) is 0 Å². The van der Waals surface area contributed by atoms with Crippen molar-refractivity contribution in [1.29, 1.82) is 5.26 Å². The third kappa shape index (κ3) is 4.32. The van der Waals surface area contributed by atoms with Crippen molar-refractivity contribution in [3.05, 3.63) is 52.2 Å². The van der Waals surface area contributed by atoms with Crippen LogP contribution in [-0.4, -0.2) is 25.1 Å². The fourth-order valence-corrected chi connectivity index (χ4v) is 2.97. The van der Waals surface area contributed by atoms with Crippen LogP contribution in [0.25, 0.3) is 0 Å². The highest BCUT2D eigenvalue weighted by molar-refractivity contribution is 7.10. The molecule has 0 spiro atoms. The highest BCUT2D eigenvalue weighted by atomic mass is 32.1. The molecule has 0 bridgehead atoms. The van der Waals surface area contributed by atoms with Crippen molar-refractivity contribution in [2.75, 3.05) is 20.2 Å². The summed E-state index contributed by atoms with van der Waals surface area (Å²) in [6, 6.07) is 14.2. The number of hydrogen-bond acceptors (Lipinski definition) is 4. The van der Waals surface area contributed by atoms with Crippen LogP contribution in [0, 0.1) is 11.3 Å². The van der Waals surface area contributed by atoms with Gasteiger partial charge in [-0.05, 0) is 44.0 Å². The normalized spacial score (nSPS) is 12.1. The van der Waals surface area contributed by atoms with Crippen molar-refractivity contribution in [3.8, 4) is 11.8 Å². The van der Waals surface area contributed by atoms with E-state index in [1.165, 1.54) is 4.88 Å². The molecule has 0 N–H and O–H groups in total. The van der Waals surface area contributed by atoms with E-state index in [9.17, 15) is 0 Å². The minimum atomic E-state index is 0.427. The second-order valence-corrected chi connectivity index (χ2v) is 5.96. The molecule has 1 heterocycles. The SMILES string of the molecule is CC(c1cccs1)N(C)CCCOc1ccccc1C#N. The number of nitriles is 1. The van der Waals surface area contributed by atoms with E-state index in [0.29, 0.717) is 24.0 Å². The standard InChI is InChI=1S/C17H20N2OS/c1-14(17-9-5-12-21-17)19(2)10-6-11-20-16-8-4-3-7-15(16)13-18/h3-5,7-9,12,14H,6,10-11H2,1-2H3. The van der Waals surface area contributed by atoms with Gasteiger partial charge in [0.05, 0.1) is 12.2 Å². The lowest BCUT2D eigenvalue weighted by atomic mass is 10.2. The van der Waals surface area contributed by atoms with Crippen LogP contribution in [0.15, 0.2) is 41.8 Å². The van der Waals surface area contributed by atoms with Gasteiger partial charge in [0.1, 0.15) is 11.8 Å². The Morgan fingerprint density at radius 1 is 1.29 bits per heavy atom. The van der Waals surface area contributed by atoms with Gasteiger partial charge >= 0.3 is 0 Å². The Hall–Kier alpha value is -1.83. The monoisotopic (exact) mass is 300 g/mol. The molecular formula is C17H20N2OS. The summed E-state index contributed by atoms with van der Waals surface area (Å²) in [6.45, 7) is 3.81. The zero-order valence-corrected chi connectivity index (χ0v) is 13.3. The number of nitrogens with zero attached hydrogens (tertiary/aromatic N) is 2. The first-order chi connectivity index (χ1) is 10.2. The maximum absolute atomic E-state index is 9.00. The van der Waals surface area contributed by atoms with Crippen LogP contribution in [0.1, 0.15) is 29.8 Å². The van der Waals surface area contributed by atoms with Crippen molar-refractivity contribution < 1.29 is 4.74 Å². The van der Waals surface area contributed by atoms with Crippen molar-refractivity contribution in [3.63, 3.8) is 0 Å². The molecule has 0 aliphatic carbocycles. The Balaban J connectivity index is 1.76. The summed E-state index contributed by atoms with van der Waals surface area (Å²) in [4.78, 5) is 3.71. The van der Waals surface area contributed by atoms with Gasteiger partial charge < -0.3 is 4.74 Å². The Morgan fingerprint density at radius 2 is 2.10 bits per heavy atom. The van der Waals surface area contributed by atoms with E-state index in [1.54, 1.807) is 17.4 Å². The molecular weight excluding hydrogens is 280 g/mol. The van der Waals surface area contributed by atoms with Crippen molar-refractivity contribution in [2.45, 2.75) is 19.4 Å². The van der Waals surface area contributed by atoms with E-state index < -0.39 is 0 Å². The maximum Gasteiger partial charge on any atom is 0.137 e. The van der Waals surface area contributed by atoms with Crippen LogP contribution in [0.2, 0.25) is 0 Å². The first-order valence-corrected chi connectivity index (χ1v) is 7.96. The van der Waals surface area contributed by atoms with E-state index in [1.807, 2.05) is 18.2 Å². The first-order valence-electron chi connectivity index (χ1n) is 7.08. The van der Waals surface area contributed by atoms with Crippen molar-refractivity contribution >= 4 is 11.3 Å². The van der Waals surface area contributed by atoms with Gasteiger partial charge in [-0.15, -0.1) is 11.3 Å². The molecule has 1 aromatic heterocycles. The Bertz CT molecular complexity index is 589. The number of thiophene rings is 1. The summed E-state index contributed by atoms with van der Waals surface area (Å²) >= 11 is 1.79. The second kappa shape index (κ2) is 7.82. The molecule has 2 rings (SSSR count). The van der Waals surface area contributed by atoms with Crippen molar-refractivity contribution in [2.24, 2.45) is 0 Å². The predicted molar refractivity (Wildman–Crippen MR) is 86.6 cm³/mol. The summed E-state index contributed by atoms with van der Waals surface area (Å²) in [5.41, 5.74) is 0.595. The highest BCUT2D eigenvalue weighted by Crippen LogP contribution is 2.23. The topological polar surface area (TPSA) is 36.3 Å². The number of rotatable bonds is 7. The average molecular weight is 300 g/mol. The molecule has 2 aromatic rings. The molecule has 0 fully saturated rings. The molecule has 0 radical (unpaired) electrons. The fourth-order valence-electron chi connectivity index (χ4n) is 2.12. The summed E-state index contributed by atoms with van der Waals surface area (Å²) in [7, 11) is 2.13. The van der Waals surface area contributed by atoms with E-state index in [-0.39, 0.29) is 0 Å². The van der Waals surface area contributed by atoms with Gasteiger partial charge in [-0.3, -0.25) is 4.90 Å². The van der Waals surface area contributed by atoms with E-state index in [0.717, 1.165) is 13.0 Å². The second-order valence-electron chi connectivity index (χ2n) is 4.98. The first kappa shape index (κ1) is 15.6. The number of para-hydroxylation sites is 1. The van der Waals surface area contributed by atoms with Crippen LogP contribution in [0.5, 0.6) is 5.75 Å². The van der Waals surface area contributed by atoms with Gasteiger partial charge in [0, 0.05) is 17.5 Å². The van der Waals surface area contributed by atoms with Crippen LogP contribution in [0.4, 0.5) is 0 Å². The molecule has 21 heavy (non-hydrogen) atoms. The third-order valence-electron chi connectivity index (χ3n) is 3.54. The molecule has 1 aromatic carbocycles. The van der Waals surface area contributed by atoms with Crippen LogP contribution >= 0.6 is 11.3 Å². The van der Waals surface area contributed by atoms with E-state index in [2.05, 4.69) is 42.5 Å². The number of benzene rings is 1. The average Bonchev–Trinajstić information content (AvgIpc) is 3.05. The molecule has 0 saturated heterocycles. The Kier molecular flexibility index (Phi) is 5.79. The van der Waals surface area contributed by atoms with Crippen molar-refractivity contribution in [1.82, 2.24) is 4.90 Å². The summed E-state index contributed by atoms with van der Waals surface area (Å²) in [5, 5.41) is 11.1. The third-order valence-corrected chi connectivity index (χ3v) is 4.58. The van der Waals surface area contributed by atoms with E-state index in [4.69, 9.17) is 10.00 Å². The zero-order chi connectivity index (χ0) is 15.1. The molecule has 0 amide bonds. The largest absolute Gasteiger partial charge is 0.492 e. The maximum atomic E-state index is 9.00. The lowest BCUT2D eigenvalue weighted by Crippen LogP contribution is -2.24. The lowest BCUT2D eigenvalue weighted by Gasteiger charge is -2.23. The van der Waals surface area contributed by atoms with Gasteiger partial charge in [-0.2, -0.15) is 5.26 Å². The molecule has 4 heteroatoms. The molecule has 0 aliphatic heterocycles. The van der Waals surface area contributed by atoms with E-state index >= 15 is 0 Å². The smallest absolute Gasteiger partial charge is 0.137 e. The number of ether oxygens (including phenoxy) is 1. The number of hydrogen-bond donors (Lipinski definition) is 0. The quantitative estimate of drug-likeness (QED) is 0.723. The Labute approximate surface area is 130 Å².